The van der Waals surface area contributed by atoms with Gasteiger partial charge in [-0.1, -0.05) is 46.6 Å². The topological polar surface area (TPSA) is 0 Å². The molecule has 0 spiro atoms. The largest absolute Gasteiger partial charge is 0.0888 e. The molecule has 0 saturated heterocycles. The summed E-state index contributed by atoms with van der Waals surface area (Å²) in [5.41, 5.74) is 1.37. The number of halogens is 2. The summed E-state index contributed by atoms with van der Waals surface area (Å²) in [6.45, 7) is 2.36. The van der Waals surface area contributed by atoms with Crippen molar-refractivity contribution in [1.82, 2.24) is 0 Å². The van der Waals surface area contributed by atoms with Gasteiger partial charge in [0.15, 0.2) is 0 Å². The van der Waals surface area contributed by atoms with Gasteiger partial charge in [0.1, 0.15) is 0 Å². The Labute approximate surface area is 112 Å². The standard InChI is InChI=1S/C14H18BrCl/c1-10-5-6-14(15)12(7-10)8-11-3-2-4-13(16)9-11/h2-4,9-10,12,14H,5-8H2,1H3. The lowest BCUT2D eigenvalue weighted by Gasteiger charge is -2.31. The highest BCUT2D eigenvalue weighted by Crippen LogP contribution is 2.35. The fourth-order valence-corrected chi connectivity index (χ4v) is 3.52. The van der Waals surface area contributed by atoms with Crippen LogP contribution >= 0.6 is 27.5 Å². The molecule has 3 atom stereocenters. The summed E-state index contributed by atoms with van der Waals surface area (Å²) in [4.78, 5) is 0.683. The Morgan fingerprint density at radius 1 is 1.38 bits per heavy atom. The van der Waals surface area contributed by atoms with Gasteiger partial charge >= 0.3 is 0 Å². The van der Waals surface area contributed by atoms with E-state index in [0.29, 0.717) is 4.83 Å². The van der Waals surface area contributed by atoms with E-state index in [0.717, 1.165) is 23.3 Å². The van der Waals surface area contributed by atoms with Crippen LogP contribution in [-0.4, -0.2) is 4.83 Å². The van der Waals surface area contributed by atoms with Crippen LogP contribution < -0.4 is 0 Å². The number of hydrogen-bond donors (Lipinski definition) is 0. The Kier molecular flexibility index (Phi) is 4.32. The van der Waals surface area contributed by atoms with Gasteiger partial charge < -0.3 is 0 Å². The summed E-state index contributed by atoms with van der Waals surface area (Å²) < 4.78 is 0. The van der Waals surface area contributed by atoms with Crippen LogP contribution in [0.1, 0.15) is 31.7 Å². The van der Waals surface area contributed by atoms with Crippen LogP contribution in [0.4, 0.5) is 0 Å². The Hall–Kier alpha value is -0.0100. The third-order valence-electron chi connectivity index (χ3n) is 3.54. The first-order valence-corrected chi connectivity index (χ1v) is 7.33. The molecule has 0 bridgehead atoms. The smallest absolute Gasteiger partial charge is 0.0408 e. The van der Waals surface area contributed by atoms with Crippen LogP contribution in [0.15, 0.2) is 24.3 Å². The molecular weight excluding hydrogens is 284 g/mol. The van der Waals surface area contributed by atoms with Crippen molar-refractivity contribution in [2.45, 2.75) is 37.4 Å². The van der Waals surface area contributed by atoms with Gasteiger partial charge in [-0.15, -0.1) is 0 Å². The van der Waals surface area contributed by atoms with Gasteiger partial charge in [-0.2, -0.15) is 0 Å². The van der Waals surface area contributed by atoms with Crippen molar-refractivity contribution in [1.29, 1.82) is 0 Å². The molecule has 0 nitrogen and oxygen atoms in total. The third-order valence-corrected chi connectivity index (χ3v) is 4.98. The molecule has 3 unspecified atom stereocenters. The first kappa shape index (κ1) is 12.4. The Bertz CT molecular complexity index is 350. The predicted molar refractivity (Wildman–Crippen MR) is 74.4 cm³/mol. The Morgan fingerprint density at radius 2 is 2.19 bits per heavy atom. The number of benzene rings is 1. The zero-order valence-corrected chi connectivity index (χ0v) is 12.0. The quantitative estimate of drug-likeness (QED) is 0.668. The van der Waals surface area contributed by atoms with Crippen LogP contribution in [0.2, 0.25) is 5.02 Å². The minimum Gasteiger partial charge on any atom is -0.0888 e. The third kappa shape index (κ3) is 3.24. The highest BCUT2D eigenvalue weighted by atomic mass is 79.9. The minimum atomic E-state index is 0.683. The van der Waals surface area contributed by atoms with Crippen LogP contribution in [0.5, 0.6) is 0 Å². The lowest BCUT2D eigenvalue weighted by Crippen LogP contribution is -2.25. The first-order valence-electron chi connectivity index (χ1n) is 6.03. The average Bonchev–Trinajstić information content (AvgIpc) is 2.24. The van der Waals surface area contributed by atoms with Crippen molar-refractivity contribution >= 4 is 27.5 Å². The molecule has 16 heavy (non-hydrogen) atoms. The van der Waals surface area contributed by atoms with E-state index in [1.54, 1.807) is 0 Å². The van der Waals surface area contributed by atoms with Crippen LogP contribution in [0, 0.1) is 11.8 Å². The monoisotopic (exact) mass is 300 g/mol. The van der Waals surface area contributed by atoms with Crippen molar-refractivity contribution in [2.75, 3.05) is 0 Å². The molecule has 0 aromatic heterocycles. The molecule has 88 valence electrons. The van der Waals surface area contributed by atoms with Crippen LogP contribution in [0.3, 0.4) is 0 Å². The Balaban J connectivity index is 2.02. The molecule has 0 aliphatic heterocycles. The van der Waals surface area contributed by atoms with Crippen molar-refractivity contribution in [3.63, 3.8) is 0 Å². The summed E-state index contributed by atoms with van der Waals surface area (Å²) >= 11 is 9.84. The Morgan fingerprint density at radius 3 is 2.94 bits per heavy atom. The summed E-state index contributed by atoms with van der Waals surface area (Å²) in [6.07, 6.45) is 5.16. The molecule has 1 aromatic carbocycles. The second kappa shape index (κ2) is 5.55. The van der Waals surface area contributed by atoms with E-state index in [1.165, 1.54) is 24.8 Å². The SMILES string of the molecule is CC1CCC(Br)C(Cc2cccc(Cl)c2)C1. The van der Waals surface area contributed by atoms with Crippen molar-refractivity contribution in [3.8, 4) is 0 Å². The molecule has 0 N–H and O–H groups in total. The molecule has 1 aromatic rings. The van der Waals surface area contributed by atoms with Crippen molar-refractivity contribution in [2.24, 2.45) is 11.8 Å². The molecule has 1 saturated carbocycles. The average molecular weight is 302 g/mol. The van der Waals surface area contributed by atoms with E-state index in [4.69, 9.17) is 11.6 Å². The number of hydrogen-bond acceptors (Lipinski definition) is 0. The summed E-state index contributed by atoms with van der Waals surface area (Å²) in [7, 11) is 0. The van der Waals surface area contributed by atoms with E-state index in [2.05, 4.69) is 35.0 Å². The second-order valence-electron chi connectivity index (χ2n) is 5.03. The lowest BCUT2D eigenvalue weighted by molar-refractivity contribution is 0.294. The second-order valence-corrected chi connectivity index (χ2v) is 6.64. The van der Waals surface area contributed by atoms with E-state index in [-0.39, 0.29) is 0 Å². The summed E-state index contributed by atoms with van der Waals surface area (Å²) in [5, 5.41) is 0.854. The molecule has 0 amide bonds. The number of rotatable bonds is 2. The molecule has 1 fully saturated rings. The van der Waals surface area contributed by atoms with E-state index in [1.807, 2.05) is 12.1 Å². The fourth-order valence-electron chi connectivity index (χ4n) is 2.64. The maximum Gasteiger partial charge on any atom is 0.0408 e. The van der Waals surface area contributed by atoms with Crippen molar-refractivity contribution in [3.05, 3.63) is 34.9 Å². The molecule has 1 aliphatic carbocycles. The zero-order valence-electron chi connectivity index (χ0n) is 9.63. The number of alkyl halides is 1. The first-order chi connectivity index (χ1) is 7.65. The normalized spacial score (nSPS) is 30.3. The molecule has 0 radical (unpaired) electrons. The molecule has 0 heterocycles. The molecular formula is C14H18BrCl. The minimum absolute atomic E-state index is 0.683. The molecule has 2 rings (SSSR count). The highest BCUT2D eigenvalue weighted by molar-refractivity contribution is 9.09. The molecule has 2 heteroatoms. The predicted octanol–water partition coefficient (Wildman–Crippen LogP) is 5.08. The van der Waals surface area contributed by atoms with Crippen LogP contribution in [-0.2, 0) is 6.42 Å². The maximum atomic E-state index is 6.02. The summed E-state index contributed by atoms with van der Waals surface area (Å²) in [5.74, 6) is 1.64. The maximum absolute atomic E-state index is 6.02. The van der Waals surface area contributed by atoms with Gasteiger partial charge in [0.05, 0.1) is 0 Å². The van der Waals surface area contributed by atoms with Crippen LogP contribution in [0.25, 0.3) is 0 Å². The van der Waals surface area contributed by atoms with Gasteiger partial charge in [-0.3, -0.25) is 0 Å². The van der Waals surface area contributed by atoms with Crippen molar-refractivity contribution < 1.29 is 0 Å². The molecule has 1 aliphatic rings. The fraction of sp³-hybridized carbons (Fsp3) is 0.571. The van der Waals surface area contributed by atoms with E-state index < -0.39 is 0 Å². The highest BCUT2D eigenvalue weighted by Gasteiger charge is 2.26. The van der Waals surface area contributed by atoms with Gasteiger partial charge in [0, 0.05) is 9.85 Å². The van der Waals surface area contributed by atoms with Gasteiger partial charge in [-0.05, 0) is 55.2 Å². The van der Waals surface area contributed by atoms with Gasteiger partial charge in [0.2, 0.25) is 0 Å². The van der Waals surface area contributed by atoms with E-state index >= 15 is 0 Å². The van der Waals surface area contributed by atoms with E-state index in [9.17, 15) is 0 Å². The lowest BCUT2D eigenvalue weighted by atomic mass is 9.79. The zero-order chi connectivity index (χ0) is 11.5. The van der Waals surface area contributed by atoms with Gasteiger partial charge in [-0.25, -0.2) is 0 Å². The van der Waals surface area contributed by atoms with Gasteiger partial charge in [0.25, 0.3) is 0 Å². The summed E-state index contributed by atoms with van der Waals surface area (Å²) in [6, 6.07) is 8.28.